The summed E-state index contributed by atoms with van der Waals surface area (Å²) in [6, 6.07) is 14.5. The van der Waals surface area contributed by atoms with E-state index in [1.807, 2.05) is 13.0 Å². The molecule has 1 atom stereocenters. The number of primary amides is 1. The molecule has 4 rings (SSSR count). The van der Waals surface area contributed by atoms with Gasteiger partial charge in [0, 0.05) is 17.3 Å². The minimum atomic E-state index is -1.25. The van der Waals surface area contributed by atoms with Crippen molar-refractivity contribution in [2.45, 2.75) is 19.9 Å². The SMILES string of the molecule is CCOC(=O)CNC(=O)[C@@H](c1ccc2ncccc2c1)N(C(=O)c1snc(C(N)=O)c1N)c1ccc(C)cc1. The van der Waals surface area contributed by atoms with Crippen molar-refractivity contribution in [3.05, 3.63) is 82.5 Å². The van der Waals surface area contributed by atoms with Gasteiger partial charge in [-0.25, -0.2) is 0 Å². The molecule has 3 amide bonds. The average Bonchev–Trinajstić information content (AvgIpc) is 3.32. The number of esters is 1. The average molecular weight is 547 g/mol. The predicted molar refractivity (Wildman–Crippen MR) is 147 cm³/mol. The number of amides is 3. The van der Waals surface area contributed by atoms with Crippen molar-refractivity contribution in [2.24, 2.45) is 5.73 Å². The number of hydrogen-bond acceptors (Lipinski definition) is 9. The number of fused-ring (bicyclic) bond motifs is 1. The second-order valence-electron chi connectivity index (χ2n) is 8.53. The quantitative estimate of drug-likeness (QED) is 0.269. The standard InChI is InChI=1S/C27H26N6O5S/c1-3-38-20(34)14-31-26(36)23(17-8-11-19-16(13-17)5-4-12-30-19)33(18-9-6-15(2)7-10-18)27(37)24-21(28)22(25(29)35)32-39-24/h4-13,23H,3,14,28H2,1-2H3,(H2,29,35)(H,31,36)/t23-/m1/s1. The number of anilines is 2. The van der Waals surface area contributed by atoms with Gasteiger partial charge in [0.25, 0.3) is 11.8 Å². The highest BCUT2D eigenvalue weighted by Crippen LogP contribution is 2.34. The van der Waals surface area contributed by atoms with Crippen LogP contribution in [0.1, 0.15) is 44.3 Å². The zero-order chi connectivity index (χ0) is 28.1. The van der Waals surface area contributed by atoms with E-state index < -0.39 is 36.3 Å². The molecule has 2 heterocycles. The summed E-state index contributed by atoms with van der Waals surface area (Å²) in [5, 5.41) is 3.32. The molecule has 0 bridgehead atoms. The van der Waals surface area contributed by atoms with E-state index in [1.165, 1.54) is 4.90 Å². The maximum absolute atomic E-state index is 14.1. The van der Waals surface area contributed by atoms with Gasteiger partial charge in [0.1, 0.15) is 17.5 Å². The summed E-state index contributed by atoms with van der Waals surface area (Å²) in [6.45, 7) is 3.29. The summed E-state index contributed by atoms with van der Waals surface area (Å²) in [6.07, 6.45) is 1.65. The molecular weight excluding hydrogens is 520 g/mol. The van der Waals surface area contributed by atoms with Crippen LogP contribution in [0.2, 0.25) is 0 Å². The third-order valence-electron chi connectivity index (χ3n) is 5.85. The zero-order valence-corrected chi connectivity index (χ0v) is 22.0. The van der Waals surface area contributed by atoms with Gasteiger partial charge in [0.15, 0.2) is 5.69 Å². The Labute approximate surface area is 227 Å². The van der Waals surface area contributed by atoms with Crippen molar-refractivity contribution in [2.75, 3.05) is 23.8 Å². The Bertz CT molecular complexity index is 1550. The highest BCUT2D eigenvalue weighted by molar-refractivity contribution is 7.09. The first kappa shape index (κ1) is 27.2. The number of pyridine rings is 1. The molecule has 2 aromatic heterocycles. The van der Waals surface area contributed by atoms with Gasteiger partial charge >= 0.3 is 5.97 Å². The van der Waals surface area contributed by atoms with E-state index in [4.69, 9.17) is 16.2 Å². The zero-order valence-electron chi connectivity index (χ0n) is 21.2. The van der Waals surface area contributed by atoms with Crippen molar-refractivity contribution in [3.63, 3.8) is 0 Å². The normalized spacial score (nSPS) is 11.5. The van der Waals surface area contributed by atoms with Gasteiger partial charge in [-0.05, 0) is 61.3 Å². The van der Waals surface area contributed by atoms with Gasteiger partial charge in [0.05, 0.1) is 17.8 Å². The number of rotatable bonds is 9. The maximum Gasteiger partial charge on any atom is 0.325 e. The largest absolute Gasteiger partial charge is 0.465 e. The number of hydrogen-bond donors (Lipinski definition) is 3. The van der Waals surface area contributed by atoms with Crippen molar-refractivity contribution in [1.82, 2.24) is 14.7 Å². The topological polar surface area (TPSA) is 171 Å². The summed E-state index contributed by atoms with van der Waals surface area (Å²) < 4.78 is 8.89. The summed E-state index contributed by atoms with van der Waals surface area (Å²) in [5.74, 6) is -2.82. The molecule has 0 aliphatic rings. The van der Waals surface area contributed by atoms with Crippen molar-refractivity contribution in [1.29, 1.82) is 0 Å². The Balaban J connectivity index is 1.88. The fourth-order valence-electron chi connectivity index (χ4n) is 3.98. The van der Waals surface area contributed by atoms with Crippen LogP contribution in [0.15, 0.2) is 60.8 Å². The van der Waals surface area contributed by atoms with E-state index in [0.29, 0.717) is 28.3 Å². The Morgan fingerprint density at radius 2 is 1.85 bits per heavy atom. The van der Waals surface area contributed by atoms with Crippen LogP contribution in [-0.4, -0.2) is 46.2 Å². The molecule has 39 heavy (non-hydrogen) atoms. The van der Waals surface area contributed by atoms with E-state index >= 15 is 0 Å². The van der Waals surface area contributed by atoms with Crippen LogP contribution >= 0.6 is 11.5 Å². The minimum Gasteiger partial charge on any atom is -0.465 e. The maximum atomic E-state index is 14.1. The first-order valence-corrected chi connectivity index (χ1v) is 12.7. The molecule has 0 unspecified atom stereocenters. The minimum absolute atomic E-state index is 0.0602. The van der Waals surface area contributed by atoms with Crippen molar-refractivity contribution < 1.29 is 23.9 Å². The molecule has 5 N–H and O–H groups in total. The monoisotopic (exact) mass is 546 g/mol. The van der Waals surface area contributed by atoms with Crippen molar-refractivity contribution in [3.8, 4) is 0 Å². The number of carbonyl (C=O) groups excluding carboxylic acids is 4. The second kappa shape index (κ2) is 11.7. The highest BCUT2D eigenvalue weighted by Gasteiger charge is 2.36. The van der Waals surface area contributed by atoms with Crippen LogP contribution in [0, 0.1) is 6.92 Å². The Kier molecular flexibility index (Phi) is 8.15. The van der Waals surface area contributed by atoms with E-state index in [9.17, 15) is 19.2 Å². The first-order chi connectivity index (χ1) is 18.7. The lowest BCUT2D eigenvalue weighted by Crippen LogP contribution is -2.45. The van der Waals surface area contributed by atoms with Gasteiger partial charge < -0.3 is 21.5 Å². The number of benzene rings is 2. The number of nitrogens with two attached hydrogens (primary N) is 2. The van der Waals surface area contributed by atoms with Gasteiger partial charge in [-0.2, -0.15) is 4.37 Å². The first-order valence-electron chi connectivity index (χ1n) is 11.9. The lowest BCUT2D eigenvalue weighted by atomic mass is 10.00. The highest BCUT2D eigenvalue weighted by atomic mass is 32.1. The molecule has 0 aliphatic heterocycles. The van der Waals surface area contributed by atoms with E-state index in [1.54, 1.807) is 61.7 Å². The van der Waals surface area contributed by atoms with E-state index in [0.717, 1.165) is 10.9 Å². The molecule has 0 saturated heterocycles. The van der Waals surface area contributed by atoms with Crippen LogP contribution in [0.5, 0.6) is 0 Å². The van der Waals surface area contributed by atoms with Crippen LogP contribution in [0.25, 0.3) is 10.9 Å². The fraction of sp³-hybridized carbons (Fsp3) is 0.185. The lowest BCUT2D eigenvalue weighted by Gasteiger charge is -2.31. The fourth-order valence-corrected chi connectivity index (χ4v) is 4.72. The van der Waals surface area contributed by atoms with Crippen LogP contribution in [0.4, 0.5) is 11.4 Å². The molecule has 0 saturated carbocycles. The number of nitrogens with one attached hydrogen (secondary N) is 1. The van der Waals surface area contributed by atoms with Crippen LogP contribution in [-0.2, 0) is 14.3 Å². The second-order valence-corrected chi connectivity index (χ2v) is 9.30. The van der Waals surface area contributed by atoms with Gasteiger partial charge in [-0.3, -0.25) is 29.1 Å². The lowest BCUT2D eigenvalue weighted by molar-refractivity contribution is -0.143. The number of ether oxygens (including phenoxy) is 1. The number of carbonyl (C=O) groups is 4. The summed E-state index contributed by atoms with van der Waals surface area (Å²) >= 11 is 0.708. The predicted octanol–water partition coefficient (Wildman–Crippen LogP) is 2.75. The van der Waals surface area contributed by atoms with Gasteiger partial charge in [-0.1, -0.05) is 29.8 Å². The number of nitrogens with zero attached hydrogens (tertiary/aromatic N) is 3. The molecule has 12 heteroatoms. The van der Waals surface area contributed by atoms with Gasteiger partial charge in [-0.15, -0.1) is 0 Å². The summed E-state index contributed by atoms with van der Waals surface area (Å²) in [7, 11) is 0. The summed E-state index contributed by atoms with van der Waals surface area (Å²) in [5.41, 5.74) is 13.5. The van der Waals surface area contributed by atoms with Crippen molar-refractivity contribution >= 4 is 57.5 Å². The molecule has 11 nitrogen and oxygen atoms in total. The smallest absolute Gasteiger partial charge is 0.325 e. The number of aryl methyl sites for hydroxylation is 1. The summed E-state index contributed by atoms with van der Waals surface area (Å²) in [4.78, 5) is 57.2. The molecule has 200 valence electrons. The van der Waals surface area contributed by atoms with Gasteiger partial charge in [0.2, 0.25) is 5.91 Å². The van der Waals surface area contributed by atoms with E-state index in [-0.39, 0.29) is 22.9 Å². The molecular formula is C27H26N6O5S. The molecule has 4 aromatic rings. The molecule has 0 fully saturated rings. The van der Waals surface area contributed by atoms with E-state index in [2.05, 4.69) is 14.7 Å². The number of nitrogen functional groups attached to an aromatic ring is 1. The third-order valence-corrected chi connectivity index (χ3v) is 6.70. The van der Waals surface area contributed by atoms with Crippen LogP contribution in [0.3, 0.4) is 0 Å². The Morgan fingerprint density at radius 1 is 1.10 bits per heavy atom. The molecule has 0 aliphatic carbocycles. The molecule has 0 spiro atoms. The van der Waals surface area contributed by atoms with Crippen LogP contribution < -0.4 is 21.7 Å². The molecule has 0 radical (unpaired) electrons. The number of aromatic nitrogens is 2. The Hall–Kier alpha value is -4.84. The molecule has 2 aromatic carbocycles. The Morgan fingerprint density at radius 3 is 2.51 bits per heavy atom. The third kappa shape index (κ3) is 5.85.